The molecule has 2 aromatic carbocycles. The first-order chi connectivity index (χ1) is 22.3. The van der Waals surface area contributed by atoms with Crippen molar-refractivity contribution in [1.29, 1.82) is 0 Å². The third-order valence-electron chi connectivity index (χ3n) is 10.4. The molecule has 3 fully saturated rings. The van der Waals surface area contributed by atoms with Gasteiger partial charge in [-0.25, -0.2) is 13.2 Å². The predicted octanol–water partition coefficient (Wildman–Crippen LogP) is 4.93. The van der Waals surface area contributed by atoms with Crippen LogP contribution in [0.3, 0.4) is 0 Å². The summed E-state index contributed by atoms with van der Waals surface area (Å²) < 4.78 is 58.8. The third kappa shape index (κ3) is 5.01. The van der Waals surface area contributed by atoms with Gasteiger partial charge in [0.25, 0.3) is 0 Å². The molecule has 12 heteroatoms. The summed E-state index contributed by atoms with van der Waals surface area (Å²) >= 11 is 0. The van der Waals surface area contributed by atoms with Crippen molar-refractivity contribution in [3.8, 4) is 23.0 Å². The van der Waals surface area contributed by atoms with E-state index in [1.54, 1.807) is 0 Å². The minimum Gasteiger partial charge on any atom is -0.508 e. The van der Waals surface area contributed by atoms with Crippen molar-refractivity contribution in [2.24, 2.45) is 5.92 Å². The lowest BCUT2D eigenvalue weighted by atomic mass is 9.92. The van der Waals surface area contributed by atoms with Crippen LogP contribution in [0.1, 0.15) is 37.7 Å². The molecule has 6 bridgehead atoms. The number of nitrogens with zero attached hydrogens (tertiary/aromatic N) is 5. The van der Waals surface area contributed by atoms with E-state index in [1.165, 1.54) is 30.5 Å². The SMILES string of the molecule is Oc1cc2c3c(c(F)ccc3c1)CCOC[C@H](O)C1CCCN(C1)c1nc(OC[C@@]34CCCN3C[C@H](F)C4)nc3c(F)c-2ncc13. The minimum absolute atomic E-state index is 0.0203. The van der Waals surface area contributed by atoms with Crippen LogP contribution in [-0.4, -0.2) is 93.9 Å². The fourth-order valence-electron chi connectivity index (χ4n) is 8.12. The average Bonchev–Trinajstić information content (AvgIpc) is 3.58. The number of alkyl halides is 1. The maximum atomic E-state index is 16.9. The zero-order chi connectivity index (χ0) is 31.6. The van der Waals surface area contributed by atoms with Gasteiger partial charge in [0, 0.05) is 43.7 Å². The highest BCUT2D eigenvalue weighted by Gasteiger charge is 2.49. The quantitative estimate of drug-likeness (QED) is 0.324. The number of hydrogen-bond donors (Lipinski definition) is 2. The highest BCUT2D eigenvalue weighted by Crippen LogP contribution is 2.42. The molecule has 2 aromatic heterocycles. The number of piperidine rings is 1. The lowest BCUT2D eigenvalue weighted by molar-refractivity contribution is 0.00207. The summed E-state index contributed by atoms with van der Waals surface area (Å²) in [5, 5.41) is 23.0. The van der Waals surface area contributed by atoms with E-state index < -0.39 is 29.4 Å². The maximum absolute atomic E-state index is 16.9. The van der Waals surface area contributed by atoms with Crippen LogP contribution in [0, 0.1) is 17.6 Å². The number of aromatic hydroxyl groups is 1. The summed E-state index contributed by atoms with van der Waals surface area (Å²) in [5.41, 5.74) is -0.0399. The van der Waals surface area contributed by atoms with Gasteiger partial charge in [0.1, 0.15) is 41.4 Å². The molecule has 0 saturated carbocycles. The maximum Gasteiger partial charge on any atom is 0.319 e. The molecule has 0 aliphatic carbocycles. The molecule has 4 aromatic rings. The van der Waals surface area contributed by atoms with E-state index in [9.17, 15) is 14.6 Å². The molecule has 0 amide bonds. The summed E-state index contributed by atoms with van der Waals surface area (Å²) in [4.78, 5) is 18.0. The van der Waals surface area contributed by atoms with Gasteiger partial charge in [-0.15, -0.1) is 0 Å². The van der Waals surface area contributed by atoms with Crippen molar-refractivity contribution in [3.05, 3.63) is 47.7 Å². The van der Waals surface area contributed by atoms with E-state index in [0.29, 0.717) is 53.6 Å². The van der Waals surface area contributed by atoms with Crippen LogP contribution in [0.25, 0.3) is 32.9 Å². The molecule has 0 spiro atoms. The number of fused-ring (bicyclic) bond motifs is 6. The molecular weight excluding hydrogens is 599 g/mol. The summed E-state index contributed by atoms with van der Waals surface area (Å²) in [6.07, 6.45) is 3.65. The van der Waals surface area contributed by atoms with E-state index in [1.807, 2.05) is 4.90 Å². The highest BCUT2D eigenvalue weighted by molar-refractivity contribution is 6.01. The smallest absolute Gasteiger partial charge is 0.319 e. The van der Waals surface area contributed by atoms with E-state index >= 15 is 8.78 Å². The number of phenols is 1. The lowest BCUT2D eigenvalue weighted by Gasteiger charge is -2.36. The van der Waals surface area contributed by atoms with Crippen LogP contribution < -0.4 is 9.64 Å². The van der Waals surface area contributed by atoms with Crippen LogP contribution in [0.5, 0.6) is 11.8 Å². The van der Waals surface area contributed by atoms with Crippen LogP contribution >= 0.6 is 0 Å². The van der Waals surface area contributed by atoms with Crippen molar-refractivity contribution in [3.63, 3.8) is 0 Å². The fraction of sp³-hybridized carbons (Fsp3) is 0.500. The number of rotatable bonds is 3. The number of halogens is 3. The van der Waals surface area contributed by atoms with Crippen LogP contribution in [0.15, 0.2) is 30.5 Å². The van der Waals surface area contributed by atoms with Gasteiger partial charge in [0.15, 0.2) is 5.82 Å². The number of aliphatic hydroxyl groups is 1. The molecule has 0 radical (unpaired) electrons. The highest BCUT2D eigenvalue weighted by atomic mass is 19.1. The Hall–Kier alpha value is -3.74. The van der Waals surface area contributed by atoms with Gasteiger partial charge in [0.2, 0.25) is 0 Å². The van der Waals surface area contributed by atoms with Crippen LogP contribution in [-0.2, 0) is 11.2 Å². The molecule has 4 atom stereocenters. The number of anilines is 1. The van der Waals surface area contributed by atoms with Gasteiger partial charge < -0.3 is 24.6 Å². The number of aromatic nitrogens is 3. The second-order valence-electron chi connectivity index (χ2n) is 13.2. The Morgan fingerprint density at radius 2 is 2.00 bits per heavy atom. The molecule has 7 heterocycles. The Morgan fingerprint density at radius 1 is 1.11 bits per heavy atom. The van der Waals surface area contributed by atoms with E-state index in [0.717, 1.165) is 32.2 Å². The number of hydrogen-bond acceptors (Lipinski definition) is 9. The van der Waals surface area contributed by atoms with E-state index in [4.69, 9.17) is 14.5 Å². The summed E-state index contributed by atoms with van der Waals surface area (Å²) in [6, 6.07) is 5.71. The molecular formula is C34H36F3N5O4. The molecule has 5 aliphatic heterocycles. The number of benzene rings is 2. The number of pyridine rings is 1. The Bertz CT molecular complexity index is 1830. The van der Waals surface area contributed by atoms with Gasteiger partial charge in [-0.3, -0.25) is 9.88 Å². The topological polar surface area (TPSA) is 104 Å². The average molecular weight is 636 g/mol. The monoisotopic (exact) mass is 635 g/mol. The molecule has 5 aliphatic rings. The second-order valence-corrected chi connectivity index (χ2v) is 13.2. The van der Waals surface area contributed by atoms with Crippen LogP contribution in [0.2, 0.25) is 0 Å². The molecule has 2 N–H and O–H groups in total. The lowest BCUT2D eigenvalue weighted by Crippen LogP contribution is -2.44. The first-order valence-corrected chi connectivity index (χ1v) is 16.1. The number of ether oxygens (including phenoxy) is 2. The Balaban J connectivity index is 1.31. The molecule has 242 valence electrons. The first-order valence-electron chi connectivity index (χ1n) is 16.1. The predicted molar refractivity (Wildman–Crippen MR) is 166 cm³/mol. The van der Waals surface area contributed by atoms with Gasteiger partial charge >= 0.3 is 6.01 Å². The standard InChI is InChI=1S/C34H36F3N5O4/c35-21-13-34(7-2-9-42(34)16-21)18-46-33-39-31-25-14-38-30(29(31)37)24-12-22(43)11-19-4-5-26(36)23(28(19)24)6-10-45-17-27(44)20-3-1-8-41(15-20)32(25)40-33/h4-5,11-12,14,20-21,27,43-44H,1-3,6-10,13,15-18H2/t20?,21-,27+,34+/m1/s1. The largest absolute Gasteiger partial charge is 0.508 e. The molecule has 1 unspecified atom stereocenters. The normalized spacial score (nSPS) is 26.8. The Kier molecular flexibility index (Phi) is 7.41. The van der Waals surface area contributed by atoms with Crippen molar-refractivity contribution in [2.75, 3.05) is 50.9 Å². The summed E-state index contributed by atoms with van der Waals surface area (Å²) in [7, 11) is 0. The van der Waals surface area contributed by atoms with Crippen molar-refractivity contribution < 1.29 is 32.9 Å². The van der Waals surface area contributed by atoms with Gasteiger partial charge in [-0.1, -0.05) is 6.07 Å². The second kappa shape index (κ2) is 11.5. The first kappa shape index (κ1) is 29.6. The molecule has 9 nitrogen and oxygen atoms in total. The third-order valence-corrected chi connectivity index (χ3v) is 10.4. The molecule has 9 rings (SSSR count). The van der Waals surface area contributed by atoms with Crippen molar-refractivity contribution >= 4 is 27.5 Å². The van der Waals surface area contributed by atoms with Gasteiger partial charge in [-0.2, -0.15) is 9.97 Å². The Labute approximate surface area is 264 Å². The zero-order valence-corrected chi connectivity index (χ0v) is 25.4. The molecule has 3 saturated heterocycles. The van der Waals surface area contributed by atoms with Gasteiger partial charge in [0.05, 0.1) is 30.2 Å². The van der Waals surface area contributed by atoms with Crippen molar-refractivity contribution in [1.82, 2.24) is 19.9 Å². The Morgan fingerprint density at radius 3 is 2.89 bits per heavy atom. The number of phenolic OH excluding ortho intramolecular Hbond substituents is 1. The van der Waals surface area contributed by atoms with Crippen molar-refractivity contribution in [2.45, 2.75) is 56.3 Å². The fourth-order valence-corrected chi connectivity index (χ4v) is 8.12. The summed E-state index contributed by atoms with van der Waals surface area (Å²) in [5.74, 6) is -1.06. The van der Waals surface area contributed by atoms with Gasteiger partial charge in [-0.05, 0) is 73.2 Å². The number of aliphatic hydroxyl groups excluding tert-OH is 1. The van der Waals surface area contributed by atoms with E-state index in [2.05, 4.69) is 14.9 Å². The van der Waals surface area contributed by atoms with E-state index in [-0.39, 0.29) is 60.7 Å². The van der Waals surface area contributed by atoms with Crippen LogP contribution in [0.4, 0.5) is 19.0 Å². The zero-order valence-electron chi connectivity index (χ0n) is 25.4. The molecule has 46 heavy (non-hydrogen) atoms. The summed E-state index contributed by atoms with van der Waals surface area (Å²) in [6.45, 7) is 2.66. The minimum atomic E-state index is -0.928.